The molecule has 0 saturated carbocycles. The summed E-state index contributed by atoms with van der Waals surface area (Å²) in [5, 5.41) is 3.07. The van der Waals surface area contributed by atoms with Crippen LogP contribution in [0.4, 0.5) is 5.69 Å². The Morgan fingerprint density at radius 2 is 1.52 bits per heavy atom. The van der Waals surface area contributed by atoms with Gasteiger partial charge in [0.2, 0.25) is 5.91 Å². The number of carbonyl (C=O) groups is 3. The predicted octanol–water partition coefficient (Wildman–Crippen LogP) is 5.69. The minimum Gasteiger partial charge on any atom is -0.497 e. The first kappa shape index (κ1) is 27.5. The van der Waals surface area contributed by atoms with Gasteiger partial charge in [-0.05, 0) is 59.2 Å². The number of fused-ring (bicyclic) bond motifs is 6. The number of carbonyl (C=O) groups excluding carboxylic acids is 3. The molecule has 44 heavy (non-hydrogen) atoms. The van der Waals surface area contributed by atoms with Crippen LogP contribution in [0, 0.1) is 5.92 Å². The average Bonchev–Trinajstić information content (AvgIpc) is 3.55. The molecule has 1 saturated heterocycles. The van der Waals surface area contributed by atoms with Gasteiger partial charge in [0.15, 0.2) is 23.1 Å². The lowest BCUT2D eigenvalue weighted by Crippen LogP contribution is -2.49. The van der Waals surface area contributed by atoms with Crippen LogP contribution in [0.5, 0.6) is 17.2 Å². The largest absolute Gasteiger partial charge is 0.497 e. The van der Waals surface area contributed by atoms with Crippen LogP contribution in [-0.4, -0.2) is 49.7 Å². The zero-order valence-corrected chi connectivity index (χ0v) is 24.4. The number of hydrogen-bond acceptors (Lipinski definition) is 7. The molecule has 1 N–H and O–H groups in total. The molecule has 4 aromatic carbocycles. The highest BCUT2D eigenvalue weighted by atomic mass is 16.5. The zero-order chi connectivity index (χ0) is 30.6. The van der Waals surface area contributed by atoms with Crippen molar-refractivity contribution in [3.8, 4) is 17.2 Å². The summed E-state index contributed by atoms with van der Waals surface area (Å²) in [4.78, 5) is 46.3. The van der Waals surface area contributed by atoms with E-state index in [2.05, 4.69) is 5.32 Å². The third-order valence-corrected chi connectivity index (χ3v) is 9.14. The highest BCUT2D eigenvalue weighted by molar-refractivity contribution is 6.16. The van der Waals surface area contributed by atoms with Crippen LogP contribution in [0.3, 0.4) is 0 Å². The minimum atomic E-state index is -1.43. The molecule has 3 aliphatic rings. The van der Waals surface area contributed by atoms with Crippen LogP contribution in [0.1, 0.15) is 43.4 Å². The molecule has 220 valence electrons. The molecule has 1 amide bonds. The van der Waals surface area contributed by atoms with Crippen molar-refractivity contribution in [3.05, 3.63) is 125 Å². The molecule has 8 heteroatoms. The normalized spacial score (nSPS) is 22.6. The number of ether oxygens (including phenoxy) is 3. The second kappa shape index (κ2) is 10.4. The number of ketones is 2. The molecule has 0 aromatic heterocycles. The first-order valence-corrected chi connectivity index (χ1v) is 14.3. The Morgan fingerprint density at radius 1 is 0.773 bits per heavy atom. The Kier molecular flexibility index (Phi) is 6.50. The second-order valence-corrected chi connectivity index (χ2v) is 11.1. The van der Waals surface area contributed by atoms with Crippen LogP contribution in [0.2, 0.25) is 0 Å². The number of methoxy groups -OCH3 is 3. The molecule has 3 heterocycles. The third-order valence-electron chi connectivity index (χ3n) is 9.14. The Bertz CT molecular complexity index is 1870. The molecule has 4 atom stereocenters. The first-order chi connectivity index (χ1) is 21.4. The molecule has 0 aliphatic carbocycles. The number of anilines is 1. The molecular weight excluding hydrogens is 556 g/mol. The summed E-state index contributed by atoms with van der Waals surface area (Å²) in [7, 11) is 4.56. The standard InChI is InChI=1S/C36H30N2O6/c1-42-24-11-8-10-22(19-24)33(40)31-30(32(39)23-15-16-28(43-2)29(20-23)44-3)36(26-13-6-7-14-27(26)37-35(36)41)34-25-12-5-4-9-21(25)17-18-38(31)34/h4-20,30-31,34H,1-3H3,(H,37,41). The van der Waals surface area contributed by atoms with E-state index in [9.17, 15) is 9.59 Å². The van der Waals surface area contributed by atoms with Crippen molar-refractivity contribution in [2.45, 2.75) is 17.5 Å². The highest BCUT2D eigenvalue weighted by Gasteiger charge is 2.70. The summed E-state index contributed by atoms with van der Waals surface area (Å²) in [6.07, 6.45) is 3.79. The topological polar surface area (TPSA) is 94.2 Å². The average molecular weight is 587 g/mol. The number of nitrogens with zero attached hydrogens (tertiary/aromatic N) is 1. The number of rotatable bonds is 7. The maximum Gasteiger partial charge on any atom is 0.238 e. The van der Waals surface area contributed by atoms with Crippen LogP contribution >= 0.6 is 0 Å². The van der Waals surface area contributed by atoms with E-state index in [1.54, 1.807) is 42.5 Å². The molecule has 0 bridgehead atoms. The fraction of sp³-hybridized carbons (Fsp3) is 0.194. The number of nitrogens with one attached hydrogen (secondary N) is 1. The van der Waals surface area contributed by atoms with Crippen LogP contribution < -0.4 is 19.5 Å². The summed E-state index contributed by atoms with van der Waals surface area (Å²) >= 11 is 0. The van der Waals surface area contributed by atoms with Gasteiger partial charge in [-0.15, -0.1) is 0 Å². The van der Waals surface area contributed by atoms with Gasteiger partial charge in [-0.25, -0.2) is 0 Å². The highest BCUT2D eigenvalue weighted by Crippen LogP contribution is 2.62. The fourth-order valence-corrected chi connectivity index (χ4v) is 7.28. The second-order valence-electron chi connectivity index (χ2n) is 11.1. The fourth-order valence-electron chi connectivity index (χ4n) is 7.28. The van der Waals surface area contributed by atoms with E-state index in [1.165, 1.54) is 21.3 Å². The van der Waals surface area contributed by atoms with Crippen LogP contribution in [0.15, 0.2) is 97.2 Å². The minimum absolute atomic E-state index is 0.286. The van der Waals surface area contributed by atoms with E-state index in [0.717, 1.165) is 11.1 Å². The lowest BCUT2D eigenvalue weighted by atomic mass is 9.62. The van der Waals surface area contributed by atoms with E-state index < -0.39 is 23.4 Å². The Labute approximate surface area is 254 Å². The number of hydrogen-bond donors (Lipinski definition) is 1. The first-order valence-electron chi connectivity index (χ1n) is 14.3. The molecule has 3 aliphatic heterocycles. The smallest absolute Gasteiger partial charge is 0.238 e. The van der Waals surface area contributed by atoms with Crippen molar-refractivity contribution < 1.29 is 28.6 Å². The summed E-state index contributed by atoms with van der Waals surface area (Å²) < 4.78 is 16.4. The molecule has 0 radical (unpaired) electrons. The summed E-state index contributed by atoms with van der Waals surface area (Å²) in [6, 6.07) is 25.4. The summed E-state index contributed by atoms with van der Waals surface area (Å²) in [5.41, 5.74) is 2.37. The monoisotopic (exact) mass is 586 g/mol. The van der Waals surface area contributed by atoms with Crippen molar-refractivity contribution in [1.29, 1.82) is 0 Å². The number of benzene rings is 4. The molecule has 1 spiro atoms. The predicted molar refractivity (Wildman–Crippen MR) is 165 cm³/mol. The zero-order valence-electron chi connectivity index (χ0n) is 24.4. The lowest BCUT2D eigenvalue weighted by molar-refractivity contribution is -0.122. The Morgan fingerprint density at radius 3 is 2.32 bits per heavy atom. The van der Waals surface area contributed by atoms with Crippen molar-refractivity contribution in [2.24, 2.45) is 5.92 Å². The molecule has 8 nitrogen and oxygen atoms in total. The van der Waals surface area contributed by atoms with Gasteiger partial charge in [-0.1, -0.05) is 54.6 Å². The van der Waals surface area contributed by atoms with E-state index >= 15 is 4.79 Å². The van der Waals surface area contributed by atoms with Gasteiger partial charge in [-0.3, -0.25) is 14.4 Å². The molecular formula is C36H30N2O6. The van der Waals surface area contributed by atoms with E-state index in [-0.39, 0.29) is 17.5 Å². The van der Waals surface area contributed by atoms with E-state index in [0.29, 0.717) is 39.6 Å². The quantitative estimate of drug-likeness (QED) is 0.278. The van der Waals surface area contributed by atoms with Crippen molar-refractivity contribution in [1.82, 2.24) is 4.90 Å². The van der Waals surface area contributed by atoms with Gasteiger partial charge in [0, 0.05) is 23.0 Å². The van der Waals surface area contributed by atoms with Crippen LogP contribution in [0.25, 0.3) is 6.08 Å². The number of Topliss-reactive ketones (excluding diaryl/α,β-unsaturated/α-hetero) is 2. The maximum absolute atomic E-state index is 15.1. The SMILES string of the molecule is COc1cccc(C(=O)C2C(C(=O)c3ccc(OC)c(OC)c3)C3(C(=O)Nc4ccccc43)C3c4ccccc4C=CN23)c1. The molecule has 4 unspecified atom stereocenters. The summed E-state index contributed by atoms with van der Waals surface area (Å²) in [5.74, 6) is -0.702. The van der Waals surface area contributed by atoms with Crippen molar-refractivity contribution in [2.75, 3.05) is 26.6 Å². The Balaban J connectivity index is 1.52. The van der Waals surface area contributed by atoms with Crippen molar-refractivity contribution in [3.63, 3.8) is 0 Å². The maximum atomic E-state index is 15.1. The summed E-state index contributed by atoms with van der Waals surface area (Å²) in [6.45, 7) is 0. The van der Waals surface area contributed by atoms with Gasteiger partial charge in [0.25, 0.3) is 0 Å². The van der Waals surface area contributed by atoms with Crippen LogP contribution in [-0.2, 0) is 10.2 Å². The molecule has 4 aromatic rings. The lowest BCUT2D eigenvalue weighted by Gasteiger charge is -2.38. The van der Waals surface area contributed by atoms with Gasteiger partial charge < -0.3 is 24.4 Å². The van der Waals surface area contributed by atoms with Gasteiger partial charge in [0.1, 0.15) is 17.2 Å². The number of amides is 1. The van der Waals surface area contributed by atoms with Gasteiger partial charge in [0.05, 0.1) is 33.3 Å². The Hall–Kier alpha value is -5.37. The third kappa shape index (κ3) is 3.80. The van der Waals surface area contributed by atoms with E-state index in [4.69, 9.17) is 14.2 Å². The van der Waals surface area contributed by atoms with Crippen molar-refractivity contribution >= 4 is 29.2 Å². The van der Waals surface area contributed by atoms with Gasteiger partial charge >= 0.3 is 0 Å². The van der Waals surface area contributed by atoms with Gasteiger partial charge in [-0.2, -0.15) is 0 Å². The molecule has 7 rings (SSSR count). The number of para-hydroxylation sites is 1. The molecule has 1 fully saturated rings. The van der Waals surface area contributed by atoms with E-state index in [1.807, 2.05) is 65.7 Å².